The van der Waals surface area contributed by atoms with Crippen LogP contribution in [0.2, 0.25) is 0 Å². The van der Waals surface area contributed by atoms with Crippen molar-refractivity contribution in [2.75, 3.05) is 6.54 Å². The van der Waals surface area contributed by atoms with Crippen LogP contribution in [0.5, 0.6) is 0 Å². The Kier molecular flexibility index (Phi) is 3.78. The molecule has 1 heterocycles. The Morgan fingerprint density at radius 3 is 2.82 bits per heavy atom. The first-order valence-corrected chi connectivity index (χ1v) is 6.08. The fourth-order valence-electron chi connectivity index (χ4n) is 1.54. The summed E-state index contributed by atoms with van der Waals surface area (Å²) in [6, 6.07) is 0.444. The summed E-state index contributed by atoms with van der Waals surface area (Å²) in [5.41, 5.74) is 0.924. The van der Waals surface area contributed by atoms with Gasteiger partial charge in [-0.1, -0.05) is 0 Å². The molecule has 2 N–H and O–H groups in total. The Labute approximate surface area is 101 Å². The number of hydrogen-bond acceptors (Lipinski definition) is 4. The van der Waals surface area contributed by atoms with Crippen molar-refractivity contribution in [1.82, 2.24) is 15.6 Å². The first-order valence-electron chi connectivity index (χ1n) is 6.08. The lowest BCUT2D eigenvalue weighted by Gasteiger charge is -2.03. The minimum absolute atomic E-state index is 0.125. The molecule has 1 amide bonds. The number of rotatable bonds is 6. The molecule has 5 heteroatoms. The van der Waals surface area contributed by atoms with Crippen molar-refractivity contribution in [1.29, 1.82) is 0 Å². The number of carbonyl (C=O) groups excluding carboxylic acids is 1. The quantitative estimate of drug-likeness (QED) is 0.726. The van der Waals surface area contributed by atoms with Gasteiger partial charge in [0.15, 0.2) is 0 Å². The van der Waals surface area contributed by atoms with Crippen LogP contribution in [0, 0.1) is 13.8 Å². The molecule has 0 aromatic carbocycles. The second kappa shape index (κ2) is 5.31. The number of carbonyl (C=O) groups is 1. The summed E-state index contributed by atoms with van der Waals surface area (Å²) in [7, 11) is 0. The Morgan fingerprint density at radius 1 is 1.47 bits per heavy atom. The Morgan fingerprint density at radius 2 is 2.24 bits per heavy atom. The van der Waals surface area contributed by atoms with E-state index in [1.807, 2.05) is 13.8 Å². The van der Waals surface area contributed by atoms with Crippen molar-refractivity contribution in [3.8, 4) is 0 Å². The number of amides is 1. The standard InChI is InChI=1S/C12H19N3O2/c1-8-9(2)17-12(14-8)7-13-6-5-11(16)15-10-3-4-10/h10,13H,3-7H2,1-2H3,(H,15,16). The summed E-state index contributed by atoms with van der Waals surface area (Å²) in [5, 5.41) is 6.10. The van der Waals surface area contributed by atoms with Crippen molar-refractivity contribution in [2.24, 2.45) is 0 Å². The minimum Gasteiger partial charge on any atom is -0.444 e. The van der Waals surface area contributed by atoms with Crippen LogP contribution in [-0.2, 0) is 11.3 Å². The van der Waals surface area contributed by atoms with Gasteiger partial charge in [-0.05, 0) is 26.7 Å². The average Bonchev–Trinajstić information content (AvgIpc) is 3.02. The van der Waals surface area contributed by atoms with Gasteiger partial charge in [-0.3, -0.25) is 4.79 Å². The van der Waals surface area contributed by atoms with Gasteiger partial charge >= 0.3 is 0 Å². The fourth-order valence-corrected chi connectivity index (χ4v) is 1.54. The first-order chi connectivity index (χ1) is 8.15. The molecule has 1 aliphatic rings. The summed E-state index contributed by atoms with van der Waals surface area (Å²) in [4.78, 5) is 15.6. The van der Waals surface area contributed by atoms with E-state index in [0.717, 1.165) is 24.3 Å². The molecular weight excluding hydrogens is 218 g/mol. The second-order valence-electron chi connectivity index (χ2n) is 4.52. The van der Waals surface area contributed by atoms with E-state index in [0.29, 0.717) is 31.4 Å². The Hall–Kier alpha value is -1.36. The third-order valence-electron chi connectivity index (χ3n) is 2.82. The number of aryl methyl sites for hydroxylation is 2. The van der Waals surface area contributed by atoms with E-state index in [1.54, 1.807) is 0 Å². The van der Waals surface area contributed by atoms with Crippen LogP contribution >= 0.6 is 0 Å². The van der Waals surface area contributed by atoms with E-state index < -0.39 is 0 Å². The van der Waals surface area contributed by atoms with Gasteiger partial charge in [0.1, 0.15) is 5.76 Å². The van der Waals surface area contributed by atoms with E-state index in [2.05, 4.69) is 15.6 Å². The first kappa shape index (κ1) is 12.1. The third kappa shape index (κ3) is 3.85. The maximum absolute atomic E-state index is 11.4. The van der Waals surface area contributed by atoms with Crippen molar-refractivity contribution >= 4 is 5.91 Å². The highest BCUT2D eigenvalue weighted by molar-refractivity contribution is 5.76. The minimum atomic E-state index is 0.125. The lowest BCUT2D eigenvalue weighted by atomic mass is 10.4. The van der Waals surface area contributed by atoms with E-state index in [9.17, 15) is 4.79 Å². The number of oxazole rings is 1. The molecule has 1 saturated carbocycles. The molecular formula is C12H19N3O2. The molecule has 5 nitrogen and oxygen atoms in total. The van der Waals surface area contributed by atoms with Crippen LogP contribution in [0.1, 0.15) is 36.6 Å². The van der Waals surface area contributed by atoms with Crippen LogP contribution < -0.4 is 10.6 Å². The van der Waals surface area contributed by atoms with Crippen LogP contribution in [0.3, 0.4) is 0 Å². The molecule has 17 heavy (non-hydrogen) atoms. The Balaban J connectivity index is 1.60. The smallest absolute Gasteiger partial charge is 0.221 e. The van der Waals surface area contributed by atoms with Crippen LogP contribution in [0.25, 0.3) is 0 Å². The number of hydrogen-bond donors (Lipinski definition) is 2. The molecule has 0 radical (unpaired) electrons. The summed E-state index contributed by atoms with van der Waals surface area (Å²) >= 11 is 0. The predicted molar refractivity (Wildman–Crippen MR) is 63.5 cm³/mol. The maximum Gasteiger partial charge on any atom is 0.221 e. The van der Waals surface area contributed by atoms with Crippen molar-refractivity contribution in [3.63, 3.8) is 0 Å². The SMILES string of the molecule is Cc1nc(CNCCC(=O)NC2CC2)oc1C. The van der Waals surface area contributed by atoms with Gasteiger partial charge in [0.2, 0.25) is 11.8 Å². The molecule has 1 aromatic rings. The van der Waals surface area contributed by atoms with Crippen molar-refractivity contribution in [3.05, 3.63) is 17.3 Å². The molecule has 0 saturated heterocycles. The average molecular weight is 237 g/mol. The Bertz CT molecular complexity index is 377. The van der Waals surface area contributed by atoms with Crippen molar-refractivity contribution in [2.45, 2.75) is 45.7 Å². The molecule has 0 spiro atoms. The van der Waals surface area contributed by atoms with Gasteiger partial charge in [-0.15, -0.1) is 0 Å². The number of aromatic nitrogens is 1. The summed E-state index contributed by atoms with van der Waals surface area (Å²) in [6.07, 6.45) is 2.78. The molecule has 1 aliphatic carbocycles. The highest BCUT2D eigenvalue weighted by Crippen LogP contribution is 2.18. The van der Waals surface area contributed by atoms with Gasteiger partial charge in [0, 0.05) is 19.0 Å². The lowest BCUT2D eigenvalue weighted by Crippen LogP contribution is -2.29. The van der Waals surface area contributed by atoms with Gasteiger partial charge in [0.25, 0.3) is 0 Å². The van der Waals surface area contributed by atoms with Crippen LogP contribution in [0.15, 0.2) is 4.42 Å². The summed E-state index contributed by atoms with van der Waals surface area (Å²) < 4.78 is 5.42. The zero-order valence-electron chi connectivity index (χ0n) is 10.4. The monoisotopic (exact) mass is 237 g/mol. The van der Waals surface area contributed by atoms with E-state index in [-0.39, 0.29) is 5.91 Å². The third-order valence-corrected chi connectivity index (χ3v) is 2.82. The predicted octanol–water partition coefficient (Wildman–Crippen LogP) is 1.05. The number of nitrogens with zero attached hydrogens (tertiary/aromatic N) is 1. The fraction of sp³-hybridized carbons (Fsp3) is 0.667. The van der Waals surface area contributed by atoms with Crippen molar-refractivity contribution < 1.29 is 9.21 Å². The zero-order valence-corrected chi connectivity index (χ0v) is 10.4. The summed E-state index contributed by atoms with van der Waals surface area (Å²) in [6.45, 7) is 5.05. The van der Waals surface area contributed by atoms with E-state index in [1.165, 1.54) is 0 Å². The topological polar surface area (TPSA) is 67.2 Å². The van der Waals surface area contributed by atoms with Gasteiger partial charge in [-0.2, -0.15) is 0 Å². The molecule has 94 valence electrons. The lowest BCUT2D eigenvalue weighted by molar-refractivity contribution is -0.121. The molecule has 0 atom stereocenters. The second-order valence-corrected chi connectivity index (χ2v) is 4.52. The van der Waals surface area contributed by atoms with E-state index >= 15 is 0 Å². The highest BCUT2D eigenvalue weighted by atomic mass is 16.4. The zero-order chi connectivity index (χ0) is 12.3. The molecule has 0 unspecified atom stereocenters. The maximum atomic E-state index is 11.4. The van der Waals surface area contributed by atoms with Crippen LogP contribution in [-0.4, -0.2) is 23.5 Å². The molecule has 0 aliphatic heterocycles. The van der Waals surface area contributed by atoms with Crippen LogP contribution in [0.4, 0.5) is 0 Å². The van der Waals surface area contributed by atoms with Gasteiger partial charge < -0.3 is 15.1 Å². The molecule has 1 fully saturated rings. The molecule has 0 bridgehead atoms. The molecule has 1 aromatic heterocycles. The van der Waals surface area contributed by atoms with E-state index in [4.69, 9.17) is 4.42 Å². The number of nitrogens with one attached hydrogen (secondary N) is 2. The largest absolute Gasteiger partial charge is 0.444 e. The molecule has 2 rings (SSSR count). The highest BCUT2D eigenvalue weighted by Gasteiger charge is 2.22. The van der Waals surface area contributed by atoms with Gasteiger partial charge in [-0.25, -0.2) is 4.98 Å². The summed E-state index contributed by atoms with van der Waals surface area (Å²) in [5.74, 6) is 1.66. The van der Waals surface area contributed by atoms with Gasteiger partial charge in [0.05, 0.1) is 12.2 Å². The normalized spacial score (nSPS) is 14.9.